The molecule has 2 heterocycles. The van der Waals surface area contributed by atoms with E-state index < -0.39 is 11.8 Å². The van der Waals surface area contributed by atoms with Gasteiger partial charge >= 0.3 is 0 Å². The second-order valence-corrected chi connectivity index (χ2v) is 11.5. The Morgan fingerprint density at radius 2 is 1.09 bits per heavy atom. The van der Waals surface area contributed by atoms with Gasteiger partial charge in [0, 0.05) is 11.3 Å². The van der Waals surface area contributed by atoms with E-state index >= 15 is 0 Å². The Morgan fingerprint density at radius 1 is 0.600 bits per heavy atom. The Hall–Kier alpha value is -5.40. The fourth-order valence-corrected chi connectivity index (χ4v) is 5.97. The number of rotatable bonds is 8. The third-order valence-electron chi connectivity index (χ3n) is 6.52. The molecule has 13 heteroatoms. The Bertz CT molecular complexity index is 1820. The number of hydrogen-bond donors (Lipinski definition) is 3. The quantitative estimate of drug-likeness (QED) is 0.241. The Morgan fingerprint density at radius 3 is 1.64 bits per heavy atom. The van der Waals surface area contributed by atoms with Crippen LogP contribution in [0, 0.1) is 0 Å². The Labute approximate surface area is 266 Å². The first-order valence-electron chi connectivity index (χ1n) is 13.7. The van der Waals surface area contributed by atoms with Crippen LogP contribution in [0.1, 0.15) is 20.7 Å². The van der Waals surface area contributed by atoms with Crippen molar-refractivity contribution in [1.82, 2.24) is 20.9 Å². The zero-order valence-electron chi connectivity index (χ0n) is 23.5. The summed E-state index contributed by atoms with van der Waals surface area (Å²) in [4.78, 5) is 60.3. The van der Waals surface area contributed by atoms with E-state index in [0.717, 1.165) is 0 Å². The molecular weight excluding hydrogens is 611 g/mol. The predicted molar refractivity (Wildman–Crippen MR) is 177 cm³/mol. The summed E-state index contributed by atoms with van der Waals surface area (Å²) >= 11 is 2.49. The highest BCUT2D eigenvalue weighted by atomic mass is 32.2. The van der Waals surface area contributed by atoms with Crippen LogP contribution in [0.25, 0.3) is 0 Å². The van der Waals surface area contributed by atoms with E-state index in [4.69, 9.17) is 0 Å². The third-order valence-corrected chi connectivity index (χ3v) is 8.36. The molecule has 4 aromatic carbocycles. The molecule has 0 saturated carbocycles. The van der Waals surface area contributed by atoms with Crippen LogP contribution in [0.2, 0.25) is 0 Å². The molecule has 6 rings (SSSR count). The molecule has 3 N–H and O–H groups in total. The second-order valence-electron chi connectivity index (χ2n) is 9.63. The maximum atomic E-state index is 13.3. The monoisotopic (exact) mass is 635 g/mol. The first kappa shape index (κ1) is 29.7. The van der Waals surface area contributed by atoms with E-state index in [2.05, 4.69) is 26.2 Å². The SMILES string of the molecule is O=C(NN1C(=O)CSC1=Nc1ccccc1)c1ccc(Nc2ccccc2C(=O)NN2C(=O)CSC2=Nc2ccccc2)cc1. The zero-order chi connectivity index (χ0) is 31.2. The van der Waals surface area contributed by atoms with Gasteiger partial charge in [0.15, 0.2) is 10.3 Å². The number of aliphatic imine (C=N–C) groups is 2. The number of thioether (sulfide) groups is 2. The van der Waals surface area contributed by atoms with Crippen molar-refractivity contribution in [3.63, 3.8) is 0 Å². The molecular formula is C32H25N7O4S2. The molecule has 0 unspecified atom stereocenters. The van der Waals surface area contributed by atoms with E-state index in [0.29, 0.717) is 44.2 Å². The van der Waals surface area contributed by atoms with Gasteiger partial charge in [-0.3, -0.25) is 30.0 Å². The molecule has 0 bridgehead atoms. The van der Waals surface area contributed by atoms with Gasteiger partial charge < -0.3 is 5.32 Å². The number of hydrogen-bond acceptors (Lipinski definition) is 9. The maximum absolute atomic E-state index is 13.3. The first-order valence-corrected chi connectivity index (χ1v) is 15.7. The third kappa shape index (κ3) is 7.06. The van der Waals surface area contributed by atoms with Crippen LogP contribution in [0.4, 0.5) is 22.7 Å². The molecule has 45 heavy (non-hydrogen) atoms. The van der Waals surface area contributed by atoms with Gasteiger partial charge in [0.05, 0.1) is 34.1 Å². The topological polar surface area (TPSA) is 136 Å². The van der Waals surface area contributed by atoms with Crippen molar-refractivity contribution in [3.8, 4) is 0 Å². The number of amides is 4. The normalized spacial score (nSPS) is 16.4. The number of nitrogens with one attached hydrogen (secondary N) is 3. The highest BCUT2D eigenvalue weighted by Crippen LogP contribution is 2.26. The lowest BCUT2D eigenvalue weighted by molar-refractivity contribution is -0.126. The average Bonchev–Trinajstić information content (AvgIpc) is 3.58. The molecule has 2 aliphatic heterocycles. The molecule has 4 aromatic rings. The Balaban J connectivity index is 1.12. The predicted octanol–water partition coefficient (Wildman–Crippen LogP) is 5.25. The number of amidine groups is 2. The fraction of sp³-hybridized carbons (Fsp3) is 0.0625. The lowest BCUT2D eigenvalue weighted by atomic mass is 10.1. The molecule has 224 valence electrons. The van der Waals surface area contributed by atoms with Crippen LogP contribution in [0.5, 0.6) is 0 Å². The van der Waals surface area contributed by atoms with E-state index in [1.807, 2.05) is 60.7 Å². The molecule has 4 amide bonds. The Kier molecular flexibility index (Phi) is 8.89. The molecule has 0 spiro atoms. The smallest absolute Gasteiger partial charge is 0.272 e. The molecule has 0 aromatic heterocycles. The molecule has 2 aliphatic rings. The van der Waals surface area contributed by atoms with E-state index in [1.54, 1.807) is 48.5 Å². The summed E-state index contributed by atoms with van der Waals surface area (Å²) in [6.07, 6.45) is 0. The number of para-hydroxylation sites is 3. The molecule has 0 atom stereocenters. The molecule has 0 radical (unpaired) electrons. The summed E-state index contributed by atoms with van der Waals surface area (Å²) in [5.41, 5.74) is 8.40. The zero-order valence-corrected chi connectivity index (χ0v) is 25.2. The molecule has 2 saturated heterocycles. The molecule has 0 aliphatic carbocycles. The molecule has 2 fully saturated rings. The minimum atomic E-state index is -0.494. The minimum Gasteiger partial charge on any atom is -0.355 e. The van der Waals surface area contributed by atoms with Crippen LogP contribution in [0.15, 0.2) is 119 Å². The number of carbonyl (C=O) groups is 4. The highest BCUT2D eigenvalue weighted by molar-refractivity contribution is 8.15. The number of anilines is 2. The summed E-state index contributed by atoms with van der Waals surface area (Å²) in [5, 5.41) is 6.31. The van der Waals surface area contributed by atoms with Gasteiger partial charge in [0.1, 0.15) is 0 Å². The highest BCUT2D eigenvalue weighted by Gasteiger charge is 2.32. The lowest BCUT2D eigenvalue weighted by Crippen LogP contribution is -2.45. The van der Waals surface area contributed by atoms with Crippen LogP contribution in [0.3, 0.4) is 0 Å². The number of benzene rings is 4. The van der Waals surface area contributed by atoms with Crippen molar-refractivity contribution in [3.05, 3.63) is 120 Å². The van der Waals surface area contributed by atoms with E-state index in [9.17, 15) is 19.2 Å². The largest absolute Gasteiger partial charge is 0.355 e. The number of nitrogens with zero attached hydrogens (tertiary/aromatic N) is 4. The van der Waals surface area contributed by atoms with Crippen molar-refractivity contribution in [2.75, 3.05) is 16.8 Å². The van der Waals surface area contributed by atoms with Gasteiger partial charge in [-0.05, 0) is 60.7 Å². The van der Waals surface area contributed by atoms with E-state index in [1.165, 1.54) is 33.5 Å². The summed E-state index contributed by atoms with van der Waals surface area (Å²) in [6, 6.07) is 31.8. The lowest BCUT2D eigenvalue weighted by Gasteiger charge is -2.19. The van der Waals surface area contributed by atoms with Crippen molar-refractivity contribution in [2.45, 2.75) is 0 Å². The second kappa shape index (κ2) is 13.5. The van der Waals surface area contributed by atoms with E-state index in [-0.39, 0.29) is 23.3 Å². The summed E-state index contributed by atoms with van der Waals surface area (Å²) in [6.45, 7) is 0. The average molecular weight is 636 g/mol. The van der Waals surface area contributed by atoms with Crippen LogP contribution in [-0.2, 0) is 9.59 Å². The van der Waals surface area contributed by atoms with Gasteiger partial charge in [-0.1, -0.05) is 72.1 Å². The number of hydrazine groups is 2. The van der Waals surface area contributed by atoms with Crippen LogP contribution < -0.4 is 16.2 Å². The first-order chi connectivity index (χ1) is 21.9. The van der Waals surface area contributed by atoms with Gasteiger partial charge in [0.25, 0.3) is 23.6 Å². The maximum Gasteiger partial charge on any atom is 0.272 e. The van der Waals surface area contributed by atoms with Crippen molar-refractivity contribution in [2.24, 2.45) is 9.98 Å². The van der Waals surface area contributed by atoms with Crippen molar-refractivity contribution >= 4 is 80.2 Å². The number of carbonyl (C=O) groups excluding carboxylic acids is 4. The van der Waals surface area contributed by atoms with Crippen molar-refractivity contribution in [1.29, 1.82) is 0 Å². The van der Waals surface area contributed by atoms with Gasteiger partial charge in [0.2, 0.25) is 0 Å². The van der Waals surface area contributed by atoms with Crippen LogP contribution in [-0.4, -0.2) is 55.5 Å². The summed E-state index contributed by atoms with van der Waals surface area (Å²) in [7, 11) is 0. The minimum absolute atomic E-state index is 0.164. The van der Waals surface area contributed by atoms with Gasteiger partial charge in [-0.15, -0.1) is 0 Å². The summed E-state index contributed by atoms with van der Waals surface area (Å²) < 4.78 is 0. The van der Waals surface area contributed by atoms with Crippen LogP contribution >= 0.6 is 23.5 Å². The fourth-order valence-electron chi connectivity index (χ4n) is 4.31. The molecule has 11 nitrogen and oxygen atoms in total. The van der Waals surface area contributed by atoms with Gasteiger partial charge in [-0.25, -0.2) is 9.98 Å². The summed E-state index contributed by atoms with van der Waals surface area (Å²) in [5.74, 6) is -1.18. The van der Waals surface area contributed by atoms with Gasteiger partial charge in [-0.2, -0.15) is 10.0 Å². The standard InChI is InChI=1S/C32H25N7O4S2/c40-27-19-44-31(34-22-9-3-1-4-10-22)38(27)36-29(42)21-15-17-24(18-16-21)33-26-14-8-7-13-25(26)30(43)37-39-28(41)20-45-32(39)35-23-11-5-2-6-12-23/h1-18,33H,19-20H2,(H,36,42)(H,37,43). The van der Waals surface area contributed by atoms with Crippen molar-refractivity contribution < 1.29 is 19.2 Å².